The molecule has 6 heteroatoms. The van der Waals surface area contributed by atoms with Gasteiger partial charge in [0, 0.05) is 16.6 Å². The lowest BCUT2D eigenvalue weighted by Crippen LogP contribution is -2.30. The van der Waals surface area contributed by atoms with Gasteiger partial charge in [0.2, 0.25) is 5.89 Å². The average Bonchev–Trinajstić information content (AvgIpc) is 3.29. The number of carbonyl (C=O) groups excluding carboxylic acids is 2. The van der Waals surface area contributed by atoms with Crippen molar-refractivity contribution in [2.75, 3.05) is 5.32 Å². The number of oxazole rings is 1. The first kappa shape index (κ1) is 22.3. The fourth-order valence-corrected chi connectivity index (χ4v) is 4.14. The van der Waals surface area contributed by atoms with Crippen LogP contribution in [0.25, 0.3) is 33.3 Å². The molecule has 0 bridgehead atoms. The number of esters is 1. The van der Waals surface area contributed by atoms with Crippen LogP contribution in [-0.2, 0) is 9.53 Å². The maximum Gasteiger partial charge on any atom is 0.339 e. The van der Waals surface area contributed by atoms with Gasteiger partial charge < -0.3 is 14.5 Å². The van der Waals surface area contributed by atoms with E-state index in [9.17, 15) is 9.59 Å². The lowest BCUT2D eigenvalue weighted by atomic mass is 9.99. The smallest absolute Gasteiger partial charge is 0.339 e. The van der Waals surface area contributed by atoms with Crippen LogP contribution in [0.4, 0.5) is 5.69 Å². The van der Waals surface area contributed by atoms with Crippen LogP contribution in [-0.4, -0.2) is 23.0 Å². The molecule has 1 amide bonds. The summed E-state index contributed by atoms with van der Waals surface area (Å²) in [6.07, 6.45) is -0.991. The first-order valence-electron chi connectivity index (χ1n) is 11.4. The zero-order chi connectivity index (χ0) is 24.5. The van der Waals surface area contributed by atoms with Gasteiger partial charge in [-0.05, 0) is 62.1 Å². The van der Waals surface area contributed by atoms with Gasteiger partial charge >= 0.3 is 5.97 Å². The lowest BCUT2D eigenvalue weighted by molar-refractivity contribution is -0.123. The second kappa shape index (κ2) is 9.06. The molecule has 5 rings (SSSR count). The molecule has 6 nitrogen and oxygen atoms in total. The third kappa shape index (κ3) is 4.38. The van der Waals surface area contributed by atoms with Crippen LogP contribution in [0.2, 0.25) is 0 Å². The summed E-state index contributed by atoms with van der Waals surface area (Å²) in [5.41, 5.74) is 5.14. The van der Waals surface area contributed by atoms with Crippen molar-refractivity contribution in [3.05, 3.63) is 95.6 Å². The van der Waals surface area contributed by atoms with Crippen molar-refractivity contribution >= 4 is 39.4 Å². The minimum Gasteiger partial charge on any atom is -0.449 e. The second-order valence-corrected chi connectivity index (χ2v) is 8.55. The SMILES string of the molecule is Cc1ccc(NC(=O)C(C)OC(=O)c2cccc3cccc(-c4nc5ccccc5o4)c23)c(C)c1. The van der Waals surface area contributed by atoms with E-state index in [4.69, 9.17) is 9.15 Å². The fraction of sp³-hybridized carbons (Fsp3) is 0.138. The highest BCUT2D eigenvalue weighted by molar-refractivity contribution is 6.10. The number of carbonyl (C=O) groups is 2. The van der Waals surface area contributed by atoms with Crippen LogP contribution in [0.5, 0.6) is 0 Å². The lowest BCUT2D eigenvalue weighted by Gasteiger charge is -2.16. The van der Waals surface area contributed by atoms with E-state index in [1.165, 1.54) is 0 Å². The number of nitrogens with zero attached hydrogens (tertiary/aromatic N) is 1. The van der Waals surface area contributed by atoms with E-state index in [1.54, 1.807) is 19.1 Å². The Kier molecular flexibility index (Phi) is 5.79. The van der Waals surface area contributed by atoms with E-state index in [1.807, 2.05) is 80.6 Å². The molecule has 1 unspecified atom stereocenters. The molecule has 0 aliphatic carbocycles. The molecule has 1 heterocycles. The van der Waals surface area contributed by atoms with Crippen LogP contribution < -0.4 is 5.32 Å². The zero-order valence-electron chi connectivity index (χ0n) is 19.7. The molecule has 0 aliphatic rings. The predicted molar refractivity (Wildman–Crippen MR) is 136 cm³/mol. The number of rotatable bonds is 5. The number of aryl methyl sites for hydroxylation is 2. The maximum absolute atomic E-state index is 13.2. The Morgan fingerprint density at radius 1 is 0.943 bits per heavy atom. The van der Waals surface area contributed by atoms with E-state index in [0.717, 1.165) is 22.0 Å². The number of hydrogen-bond acceptors (Lipinski definition) is 5. The fourth-order valence-electron chi connectivity index (χ4n) is 4.14. The minimum absolute atomic E-state index is 0.339. The Morgan fingerprint density at radius 3 is 2.49 bits per heavy atom. The minimum atomic E-state index is -0.991. The number of benzene rings is 4. The van der Waals surface area contributed by atoms with E-state index in [2.05, 4.69) is 10.3 Å². The van der Waals surface area contributed by atoms with Crippen LogP contribution in [0, 0.1) is 13.8 Å². The van der Waals surface area contributed by atoms with Crippen LogP contribution in [0.3, 0.4) is 0 Å². The Labute approximate surface area is 202 Å². The van der Waals surface area contributed by atoms with Gasteiger partial charge in [0.25, 0.3) is 5.91 Å². The van der Waals surface area contributed by atoms with Gasteiger partial charge in [-0.25, -0.2) is 9.78 Å². The number of para-hydroxylation sites is 2. The summed E-state index contributed by atoms with van der Waals surface area (Å²) < 4.78 is 11.6. The van der Waals surface area contributed by atoms with Crippen molar-refractivity contribution in [1.82, 2.24) is 4.98 Å². The normalized spacial score (nSPS) is 12.0. The van der Waals surface area contributed by atoms with Gasteiger partial charge in [-0.15, -0.1) is 0 Å². The Bertz CT molecular complexity index is 1550. The highest BCUT2D eigenvalue weighted by atomic mass is 16.5. The molecule has 0 aliphatic heterocycles. The summed E-state index contributed by atoms with van der Waals surface area (Å²) in [5.74, 6) is -0.579. The van der Waals surface area contributed by atoms with Crippen molar-refractivity contribution in [1.29, 1.82) is 0 Å². The average molecular weight is 465 g/mol. The van der Waals surface area contributed by atoms with E-state index in [-0.39, 0.29) is 0 Å². The maximum atomic E-state index is 13.2. The van der Waals surface area contributed by atoms with Gasteiger partial charge in [0.1, 0.15) is 5.52 Å². The number of anilines is 1. The second-order valence-electron chi connectivity index (χ2n) is 8.55. The zero-order valence-corrected chi connectivity index (χ0v) is 19.7. The number of nitrogens with one attached hydrogen (secondary N) is 1. The molecule has 0 fully saturated rings. The summed E-state index contributed by atoms with van der Waals surface area (Å²) in [6, 6.07) is 24.3. The molecule has 1 atom stereocenters. The molecule has 0 saturated heterocycles. The molecular formula is C29H24N2O4. The predicted octanol–water partition coefficient (Wildman–Crippen LogP) is 6.45. The highest BCUT2D eigenvalue weighted by Gasteiger charge is 2.23. The summed E-state index contributed by atoms with van der Waals surface area (Å²) >= 11 is 0. The standard InChI is InChI=1S/C29H24N2O4/c1-17-14-15-23(18(2)16-17)30-27(32)19(3)34-29(33)22-11-7-9-20-8-6-10-21(26(20)22)28-31-24-12-4-5-13-25(24)35-28/h4-16,19H,1-3H3,(H,30,32). The van der Waals surface area contributed by atoms with E-state index >= 15 is 0 Å². The van der Waals surface area contributed by atoms with Crippen LogP contribution in [0.15, 0.2) is 83.3 Å². The summed E-state index contributed by atoms with van der Waals surface area (Å²) in [4.78, 5) is 30.6. The van der Waals surface area contributed by atoms with E-state index in [0.29, 0.717) is 33.7 Å². The van der Waals surface area contributed by atoms with E-state index < -0.39 is 18.0 Å². The number of amides is 1. The van der Waals surface area contributed by atoms with Crippen LogP contribution in [0.1, 0.15) is 28.4 Å². The number of aromatic nitrogens is 1. The van der Waals surface area contributed by atoms with Crippen LogP contribution >= 0.6 is 0 Å². The molecule has 4 aromatic carbocycles. The van der Waals surface area contributed by atoms with Gasteiger partial charge in [0.15, 0.2) is 11.7 Å². The largest absolute Gasteiger partial charge is 0.449 e. The molecular weight excluding hydrogens is 440 g/mol. The molecule has 1 aromatic heterocycles. The molecule has 35 heavy (non-hydrogen) atoms. The number of fused-ring (bicyclic) bond motifs is 2. The molecule has 0 spiro atoms. The van der Waals surface area contributed by atoms with Crippen molar-refractivity contribution < 1.29 is 18.7 Å². The Hall–Kier alpha value is -4.45. The highest BCUT2D eigenvalue weighted by Crippen LogP contribution is 2.33. The molecule has 174 valence electrons. The molecule has 0 radical (unpaired) electrons. The van der Waals surface area contributed by atoms with Gasteiger partial charge in [-0.2, -0.15) is 0 Å². The first-order chi connectivity index (χ1) is 16.9. The third-order valence-corrected chi connectivity index (χ3v) is 5.94. The summed E-state index contributed by atoms with van der Waals surface area (Å²) in [5, 5.41) is 4.34. The Balaban J connectivity index is 1.45. The van der Waals surface area contributed by atoms with Crippen molar-refractivity contribution in [2.24, 2.45) is 0 Å². The first-order valence-corrected chi connectivity index (χ1v) is 11.4. The summed E-state index contributed by atoms with van der Waals surface area (Å²) in [7, 11) is 0. The topological polar surface area (TPSA) is 81.4 Å². The molecule has 0 saturated carbocycles. The quantitative estimate of drug-likeness (QED) is 0.302. The summed E-state index contributed by atoms with van der Waals surface area (Å²) in [6.45, 7) is 5.47. The molecule has 5 aromatic rings. The monoisotopic (exact) mass is 464 g/mol. The van der Waals surface area contributed by atoms with Gasteiger partial charge in [-0.1, -0.05) is 54.1 Å². The Morgan fingerprint density at radius 2 is 1.71 bits per heavy atom. The third-order valence-electron chi connectivity index (χ3n) is 5.94. The van der Waals surface area contributed by atoms with Crippen molar-refractivity contribution in [3.63, 3.8) is 0 Å². The van der Waals surface area contributed by atoms with Gasteiger partial charge in [0.05, 0.1) is 5.56 Å². The number of hydrogen-bond donors (Lipinski definition) is 1. The van der Waals surface area contributed by atoms with Crippen molar-refractivity contribution in [2.45, 2.75) is 26.9 Å². The van der Waals surface area contributed by atoms with Gasteiger partial charge in [-0.3, -0.25) is 4.79 Å². The van der Waals surface area contributed by atoms with Crippen molar-refractivity contribution in [3.8, 4) is 11.5 Å². The molecule has 1 N–H and O–H groups in total. The number of ether oxygens (including phenoxy) is 1.